The van der Waals surface area contributed by atoms with Crippen LogP contribution in [-0.2, 0) is 19.6 Å². The minimum atomic E-state index is -3.58. The van der Waals surface area contributed by atoms with Gasteiger partial charge in [-0.1, -0.05) is 13.8 Å². The van der Waals surface area contributed by atoms with Crippen LogP contribution in [0.1, 0.15) is 24.2 Å². The number of rotatable bonds is 6. The molecule has 0 bridgehead atoms. The van der Waals surface area contributed by atoms with Gasteiger partial charge in [-0.3, -0.25) is 4.79 Å². The summed E-state index contributed by atoms with van der Waals surface area (Å²) in [7, 11) is -3.58. The Morgan fingerprint density at radius 1 is 1.24 bits per heavy atom. The van der Waals surface area contributed by atoms with Gasteiger partial charge in [0.2, 0.25) is 10.0 Å². The first-order valence-corrected chi connectivity index (χ1v) is 9.49. The molecule has 2 rings (SSSR count). The maximum atomic E-state index is 12.5. The van der Waals surface area contributed by atoms with E-state index in [1.54, 1.807) is 13.8 Å². The molecule has 0 aliphatic carbocycles. The van der Waals surface area contributed by atoms with E-state index in [1.807, 2.05) is 0 Å². The van der Waals surface area contributed by atoms with Crippen molar-refractivity contribution < 1.29 is 27.9 Å². The van der Waals surface area contributed by atoms with E-state index in [2.05, 4.69) is 0 Å². The number of carboxylic acids is 1. The smallest absolute Gasteiger partial charge is 0.334 e. The highest BCUT2D eigenvalue weighted by molar-refractivity contribution is 7.89. The number of hydrogen-bond donors (Lipinski definition) is 1. The third kappa shape index (κ3) is 4.17. The average Bonchev–Trinajstić information content (AvgIpc) is 2.62. The molecule has 1 aliphatic heterocycles. The molecular weight excluding hydrogens is 348 g/mol. The van der Waals surface area contributed by atoms with Gasteiger partial charge in [0, 0.05) is 25.2 Å². The summed E-state index contributed by atoms with van der Waals surface area (Å²) < 4.78 is 31.3. The molecule has 1 N–H and O–H groups in total. The molecule has 138 valence electrons. The summed E-state index contributed by atoms with van der Waals surface area (Å²) in [5, 5.41) is 9.00. The second-order valence-corrected chi connectivity index (χ2v) is 7.50. The van der Waals surface area contributed by atoms with Gasteiger partial charge in [0.25, 0.3) is 5.91 Å². The van der Waals surface area contributed by atoms with Crippen molar-refractivity contribution in [3.63, 3.8) is 0 Å². The molecular formula is C16H22N2O6S. The van der Waals surface area contributed by atoms with E-state index in [4.69, 9.17) is 9.84 Å². The molecule has 1 amide bonds. The van der Waals surface area contributed by atoms with E-state index >= 15 is 0 Å². The minimum Gasteiger partial charge on any atom is -0.479 e. The number of morpholine rings is 1. The number of nitrogens with zero attached hydrogens (tertiary/aromatic N) is 2. The van der Waals surface area contributed by atoms with Crippen LogP contribution in [0.15, 0.2) is 29.2 Å². The minimum absolute atomic E-state index is 0.0341. The lowest BCUT2D eigenvalue weighted by Crippen LogP contribution is -2.48. The number of benzene rings is 1. The molecule has 1 aromatic rings. The molecule has 1 aromatic carbocycles. The van der Waals surface area contributed by atoms with Gasteiger partial charge in [-0.2, -0.15) is 4.31 Å². The van der Waals surface area contributed by atoms with Crippen molar-refractivity contribution in [3.8, 4) is 0 Å². The fourth-order valence-electron chi connectivity index (χ4n) is 2.65. The fraction of sp³-hybridized carbons (Fsp3) is 0.500. The van der Waals surface area contributed by atoms with Gasteiger partial charge >= 0.3 is 5.97 Å². The first-order chi connectivity index (χ1) is 11.8. The lowest BCUT2D eigenvalue weighted by Gasteiger charge is -2.31. The molecule has 25 heavy (non-hydrogen) atoms. The van der Waals surface area contributed by atoms with E-state index in [0.29, 0.717) is 25.2 Å². The number of amides is 1. The second-order valence-electron chi connectivity index (χ2n) is 5.56. The van der Waals surface area contributed by atoms with Crippen LogP contribution in [0.2, 0.25) is 0 Å². The third-order valence-corrected chi connectivity index (χ3v) is 6.14. The van der Waals surface area contributed by atoms with E-state index in [1.165, 1.54) is 33.5 Å². The zero-order valence-corrected chi connectivity index (χ0v) is 15.0. The Labute approximate surface area is 147 Å². The number of carboxylic acid groups (broad SMARTS) is 1. The highest BCUT2D eigenvalue weighted by Crippen LogP contribution is 2.18. The van der Waals surface area contributed by atoms with Crippen LogP contribution in [0.4, 0.5) is 0 Å². The summed E-state index contributed by atoms with van der Waals surface area (Å²) in [5.74, 6) is -1.46. The van der Waals surface area contributed by atoms with Crippen molar-refractivity contribution in [2.24, 2.45) is 0 Å². The third-order valence-electron chi connectivity index (χ3n) is 4.07. The monoisotopic (exact) mass is 370 g/mol. The Morgan fingerprint density at radius 3 is 2.36 bits per heavy atom. The molecule has 1 aliphatic rings. The maximum absolute atomic E-state index is 12.5. The van der Waals surface area contributed by atoms with Crippen molar-refractivity contribution in [2.75, 3.05) is 32.8 Å². The molecule has 1 atom stereocenters. The predicted octanol–water partition coefficient (Wildman–Crippen LogP) is 0.643. The highest BCUT2D eigenvalue weighted by Gasteiger charge is 2.29. The van der Waals surface area contributed by atoms with Crippen molar-refractivity contribution in [2.45, 2.75) is 24.8 Å². The number of aliphatic carboxylic acids is 1. The molecule has 1 saturated heterocycles. The molecule has 1 unspecified atom stereocenters. The Bertz CT molecular complexity index is 727. The maximum Gasteiger partial charge on any atom is 0.334 e. The molecule has 0 saturated carbocycles. The van der Waals surface area contributed by atoms with E-state index in [-0.39, 0.29) is 24.0 Å². The van der Waals surface area contributed by atoms with Gasteiger partial charge < -0.3 is 14.7 Å². The van der Waals surface area contributed by atoms with E-state index in [0.717, 1.165) is 0 Å². The van der Waals surface area contributed by atoms with Gasteiger partial charge in [0.15, 0.2) is 6.10 Å². The van der Waals surface area contributed by atoms with Crippen molar-refractivity contribution >= 4 is 21.9 Å². The van der Waals surface area contributed by atoms with Crippen LogP contribution in [0.5, 0.6) is 0 Å². The molecule has 9 heteroatoms. The molecule has 1 fully saturated rings. The lowest BCUT2D eigenvalue weighted by atomic mass is 10.1. The Morgan fingerprint density at radius 2 is 1.84 bits per heavy atom. The summed E-state index contributed by atoms with van der Waals surface area (Å²) in [4.78, 5) is 25.0. The highest BCUT2D eigenvalue weighted by atomic mass is 32.2. The van der Waals surface area contributed by atoms with Crippen LogP contribution in [-0.4, -0.2) is 73.5 Å². The molecule has 1 heterocycles. The number of hydrogen-bond acceptors (Lipinski definition) is 5. The molecule has 0 radical (unpaired) electrons. The number of carbonyl (C=O) groups excluding carboxylic acids is 1. The van der Waals surface area contributed by atoms with Gasteiger partial charge in [0.05, 0.1) is 18.0 Å². The Kier molecular flexibility index (Phi) is 6.15. The number of ether oxygens (including phenoxy) is 1. The van der Waals surface area contributed by atoms with E-state index in [9.17, 15) is 18.0 Å². The summed E-state index contributed by atoms with van der Waals surface area (Å²) in [6.07, 6.45) is -1.04. The van der Waals surface area contributed by atoms with Crippen LogP contribution in [0.25, 0.3) is 0 Å². The topological polar surface area (TPSA) is 104 Å². The SMILES string of the molecule is CCN(CC)S(=O)(=O)c1ccc(C(=O)N2CCOC(C(=O)O)C2)cc1. The van der Waals surface area contributed by atoms with Crippen LogP contribution >= 0.6 is 0 Å². The van der Waals surface area contributed by atoms with Crippen LogP contribution in [0.3, 0.4) is 0 Å². The zero-order valence-electron chi connectivity index (χ0n) is 14.2. The van der Waals surface area contributed by atoms with Crippen molar-refractivity contribution in [1.82, 2.24) is 9.21 Å². The largest absolute Gasteiger partial charge is 0.479 e. The second kappa shape index (κ2) is 7.94. The van der Waals surface area contributed by atoms with Crippen molar-refractivity contribution in [3.05, 3.63) is 29.8 Å². The van der Waals surface area contributed by atoms with Crippen LogP contribution in [0, 0.1) is 0 Å². The Hall–Kier alpha value is -1.97. The van der Waals surface area contributed by atoms with Crippen LogP contribution < -0.4 is 0 Å². The quantitative estimate of drug-likeness (QED) is 0.788. The number of carbonyl (C=O) groups is 2. The molecule has 8 nitrogen and oxygen atoms in total. The Balaban J connectivity index is 2.17. The zero-order chi connectivity index (χ0) is 18.6. The fourth-order valence-corrected chi connectivity index (χ4v) is 4.11. The molecule has 0 spiro atoms. The van der Waals surface area contributed by atoms with Gasteiger partial charge in [-0.15, -0.1) is 0 Å². The predicted molar refractivity (Wildman–Crippen MR) is 89.8 cm³/mol. The summed E-state index contributed by atoms with van der Waals surface area (Å²) in [5.41, 5.74) is 0.310. The molecule has 0 aromatic heterocycles. The standard InChI is InChI=1S/C16H22N2O6S/c1-3-18(4-2)25(22,23)13-7-5-12(6-8-13)15(19)17-9-10-24-14(11-17)16(20)21/h5-8,14H,3-4,9-11H2,1-2H3,(H,20,21). The van der Waals surface area contributed by atoms with Gasteiger partial charge in [-0.25, -0.2) is 13.2 Å². The van der Waals surface area contributed by atoms with Gasteiger partial charge in [-0.05, 0) is 24.3 Å². The normalized spacial score (nSPS) is 18.4. The first kappa shape index (κ1) is 19.4. The summed E-state index contributed by atoms with van der Waals surface area (Å²) in [6, 6.07) is 5.69. The first-order valence-electron chi connectivity index (χ1n) is 8.05. The van der Waals surface area contributed by atoms with Crippen molar-refractivity contribution in [1.29, 1.82) is 0 Å². The average molecular weight is 370 g/mol. The number of sulfonamides is 1. The lowest BCUT2D eigenvalue weighted by molar-refractivity contribution is -0.154. The summed E-state index contributed by atoms with van der Waals surface area (Å²) in [6.45, 7) is 4.66. The van der Waals surface area contributed by atoms with Gasteiger partial charge in [0.1, 0.15) is 0 Å². The van der Waals surface area contributed by atoms with E-state index < -0.39 is 22.1 Å². The summed E-state index contributed by atoms with van der Waals surface area (Å²) >= 11 is 0.